The molecule has 0 aliphatic carbocycles. The monoisotopic (exact) mass is 217 g/mol. The highest BCUT2D eigenvalue weighted by molar-refractivity contribution is 4.72. The summed E-state index contributed by atoms with van der Waals surface area (Å²) in [4.78, 5) is 2.19. The Hall–Kier alpha value is -0.120. The van der Waals surface area contributed by atoms with Crippen LogP contribution in [0.15, 0.2) is 0 Å². The Morgan fingerprint density at radius 2 is 1.20 bits per heavy atom. The van der Waals surface area contributed by atoms with Gasteiger partial charge in [-0.3, -0.25) is 4.90 Å². The van der Waals surface area contributed by atoms with Gasteiger partial charge in [0.05, 0.1) is 12.2 Å². The van der Waals surface area contributed by atoms with E-state index in [9.17, 15) is 0 Å². The Morgan fingerprint density at radius 3 is 1.40 bits per heavy atom. The summed E-state index contributed by atoms with van der Waals surface area (Å²) in [7, 11) is 0. The highest BCUT2D eigenvalue weighted by Gasteiger charge is 2.21. The fourth-order valence-electron chi connectivity index (χ4n) is 0.903. The maximum Gasteiger partial charge on any atom is 0.102 e. The Labute approximate surface area is 94.7 Å². The van der Waals surface area contributed by atoms with Crippen LogP contribution in [0.1, 0.15) is 48.5 Å². The minimum Gasteiger partial charge on any atom is -0.363 e. The molecule has 0 aliphatic rings. The lowest BCUT2D eigenvalue weighted by atomic mass is 10.1. The molecule has 0 bridgehead atoms. The van der Waals surface area contributed by atoms with E-state index < -0.39 is 0 Å². The second-order valence-electron chi connectivity index (χ2n) is 5.40. The van der Waals surface area contributed by atoms with Crippen molar-refractivity contribution in [3.63, 3.8) is 0 Å². The van der Waals surface area contributed by atoms with Gasteiger partial charge in [-0.15, -0.1) is 0 Å². The second kappa shape index (κ2) is 6.46. The van der Waals surface area contributed by atoms with E-state index in [0.29, 0.717) is 13.5 Å². The lowest BCUT2D eigenvalue weighted by Gasteiger charge is -2.35. The normalized spacial score (nSPS) is 13.2. The highest BCUT2D eigenvalue weighted by Crippen LogP contribution is 2.13. The fraction of sp³-hybridized carbons (Fsp3) is 1.00. The van der Waals surface area contributed by atoms with Gasteiger partial charge in [-0.25, -0.2) is 0 Å². The topological polar surface area (TPSA) is 21.7 Å². The van der Waals surface area contributed by atoms with Crippen molar-refractivity contribution in [3.05, 3.63) is 0 Å². The molecule has 0 N–H and O–H groups in total. The van der Waals surface area contributed by atoms with Crippen LogP contribution in [0.25, 0.3) is 0 Å². The van der Waals surface area contributed by atoms with Gasteiger partial charge in [0, 0.05) is 5.54 Å². The van der Waals surface area contributed by atoms with Crippen molar-refractivity contribution in [2.24, 2.45) is 0 Å². The molecule has 0 aromatic rings. The Balaban J connectivity index is 4.08. The van der Waals surface area contributed by atoms with Gasteiger partial charge in [-0.1, -0.05) is 0 Å². The summed E-state index contributed by atoms with van der Waals surface area (Å²) in [6.45, 7) is 15.9. The van der Waals surface area contributed by atoms with E-state index in [-0.39, 0.29) is 17.7 Å². The van der Waals surface area contributed by atoms with Gasteiger partial charge in [0.2, 0.25) is 0 Å². The Bertz CT molecular complexity index is 149. The molecular weight excluding hydrogens is 190 g/mol. The van der Waals surface area contributed by atoms with Gasteiger partial charge in [0.1, 0.15) is 13.5 Å². The zero-order chi connectivity index (χ0) is 12.1. The van der Waals surface area contributed by atoms with E-state index in [1.165, 1.54) is 0 Å². The smallest absolute Gasteiger partial charge is 0.102 e. The molecule has 0 aliphatic heterocycles. The van der Waals surface area contributed by atoms with Crippen molar-refractivity contribution in [2.75, 3.05) is 13.5 Å². The van der Waals surface area contributed by atoms with Crippen LogP contribution < -0.4 is 0 Å². The van der Waals surface area contributed by atoms with Crippen molar-refractivity contribution in [1.82, 2.24) is 4.90 Å². The van der Waals surface area contributed by atoms with Crippen molar-refractivity contribution >= 4 is 0 Å². The Morgan fingerprint density at radius 1 is 0.867 bits per heavy atom. The molecule has 3 heteroatoms. The summed E-state index contributed by atoms with van der Waals surface area (Å²) in [5, 5.41) is 0. The van der Waals surface area contributed by atoms with Crippen molar-refractivity contribution in [2.45, 2.75) is 66.2 Å². The van der Waals surface area contributed by atoms with Crippen LogP contribution in [0.2, 0.25) is 0 Å². The standard InChI is InChI=1S/C12H27NO2/c1-10(2)14-8-13(12(5,6)7)9-15-11(3)4/h10-11H,8-9H2,1-7H3. The first-order chi connectivity index (χ1) is 6.73. The summed E-state index contributed by atoms with van der Waals surface area (Å²) in [6, 6.07) is 0. The quantitative estimate of drug-likeness (QED) is 0.639. The van der Waals surface area contributed by atoms with Crippen LogP contribution in [0, 0.1) is 0 Å². The summed E-state index contributed by atoms with van der Waals surface area (Å²) < 4.78 is 11.2. The summed E-state index contributed by atoms with van der Waals surface area (Å²) in [5.74, 6) is 0. The lowest BCUT2D eigenvalue weighted by molar-refractivity contribution is -0.111. The maximum atomic E-state index is 5.61. The second-order valence-corrected chi connectivity index (χ2v) is 5.40. The fourth-order valence-corrected chi connectivity index (χ4v) is 0.903. The van der Waals surface area contributed by atoms with E-state index in [2.05, 4.69) is 25.7 Å². The molecule has 0 radical (unpaired) electrons. The van der Waals surface area contributed by atoms with Gasteiger partial charge in [0.25, 0.3) is 0 Å². The predicted molar refractivity (Wildman–Crippen MR) is 63.8 cm³/mol. The maximum absolute atomic E-state index is 5.61. The third-order valence-corrected chi connectivity index (χ3v) is 2.08. The number of hydrogen-bond donors (Lipinski definition) is 0. The number of rotatable bonds is 6. The van der Waals surface area contributed by atoms with E-state index >= 15 is 0 Å². The number of hydrogen-bond acceptors (Lipinski definition) is 3. The van der Waals surface area contributed by atoms with Gasteiger partial charge in [-0.2, -0.15) is 0 Å². The van der Waals surface area contributed by atoms with Crippen LogP contribution in [0.3, 0.4) is 0 Å². The van der Waals surface area contributed by atoms with Crippen LogP contribution in [-0.4, -0.2) is 36.1 Å². The van der Waals surface area contributed by atoms with Crippen molar-refractivity contribution < 1.29 is 9.47 Å². The average Bonchev–Trinajstić information content (AvgIpc) is 2.00. The van der Waals surface area contributed by atoms with Crippen LogP contribution >= 0.6 is 0 Å². The minimum absolute atomic E-state index is 0.0732. The largest absolute Gasteiger partial charge is 0.363 e. The molecule has 92 valence electrons. The first kappa shape index (κ1) is 14.9. The Kier molecular flexibility index (Phi) is 6.41. The third kappa shape index (κ3) is 7.77. The van der Waals surface area contributed by atoms with Gasteiger partial charge >= 0.3 is 0 Å². The molecule has 0 aromatic heterocycles. The number of nitrogens with zero attached hydrogens (tertiary/aromatic N) is 1. The molecule has 0 unspecified atom stereocenters. The van der Waals surface area contributed by atoms with Crippen LogP contribution in [0.5, 0.6) is 0 Å². The van der Waals surface area contributed by atoms with E-state index in [4.69, 9.17) is 9.47 Å². The molecule has 0 spiro atoms. The molecule has 0 amide bonds. The molecule has 0 saturated carbocycles. The van der Waals surface area contributed by atoms with Gasteiger partial charge in [-0.05, 0) is 48.5 Å². The van der Waals surface area contributed by atoms with Gasteiger partial charge in [0.15, 0.2) is 0 Å². The van der Waals surface area contributed by atoms with Crippen LogP contribution in [-0.2, 0) is 9.47 Å². The first-order valence-electron chi connectivity index (χ1n) is 5.71. The molecule has 0 rings (SSSR count). The zero-order valence-corrected chi connectivity index (χ0v) is 11.3. The SMILES string of the molecule is CC(C)OCN(COC(C)C)C(C)(C)C. The lowest BCUT2D eigenvalue weighted by Crippen LogP contribution is -2.45. The molecule has 0 heterocycles. The summed E-state index contributed by atoms with van der Waals surface area (Å²) in [5.41, 5.74) is 0.0732. The predicted octanol–water partition coefficient (Wildman–Crippen LogP) is 2.85. The average molecular weight is 217 g/mol. The first-order valence-corrected chi connectivity index (χ1v) is 5.71. The molecular formula is C12H27NO2. The zero-order valence-electron chi connectivity index (χ0n) is 11.3. The minimum atomic E-state index is 0.0732. The molecule has 0 aromatic carbocycles. The van der Waals surface area contributed by atoms with E-state index in [1.807, 2.05) is 27.7 Å². The van der Waals surface area contributed by atoms with Gasteiger partial charge < -0.3 is 9.47 Å². The molecule has 3 nitrogen and oxygen atoms in total. The number of ether oxygens (including phenoxy) is 2. The highest BCUT2D eigenvalue weighted by atomic mass is 16.5. The molecule has 0 saturated heterocycles. The summed E-state index contributed by atoms with van der Waals surface area (Å²) in [6.07, 6.45) is 0.516. The molecule has 15 heavy (non-hydrogen) atoms. The molecule has 0 fully saturated rings. The van der Waals surface area contributed by atoms with E-state index in [0.717, 1.165) is 0 Å². The van der Waals surface area contributed by atoms with Crippen molar-refractivity contribution in [1.29, 1.82) is 0 Å². The van der Waals surface area contributed by atoms with Crippen LogP contribution in [0.4, 0.5) is 0 Å². The third-order valence-electron chi connectivity index (χ3n) is 2.08. The summed E-state index contributed by atoms with van der Waals surface area (Å²) >= 11 is 0. The van der Waals surface area contributed by atoms with E-state index in [1.54, 1.807) is 0 Å². The van der Waals surface area contributed by atoms with Crippen molar-refractivity contribution in [3.8, 4) is 0 Å². The molecule has 0 atom stereocenters.